The number of benzene rings is 2. The molecule has 1 N–H and O–H groups in total. The summed E-state index contributed by atoms with van der Waals surface area (Å²) in [5.41, 5.74) is 2.25. The fourth-order valence-electron chi connectivity index (χ4n) is 2.85. The van der Waals surface area contributed by atoms with Gasteiger partial charge in [0.1, 0.15) is 18.0 Å². The van der Waals surface area contributed by atoms with Crippen LogP contribution < -0.4 is 0 Å². The van der Waals surface area contributed by atoms with Gasteiger partial charge in [0.05, 0.1) is 0 Å². The molecule has 0 fully saturated rings. The summed E-state index contributed by atoms with van der Waals surface area (Å²) in [5.74, 6) is 1.19. The third-order valence-electron chi connectivity index (χ3n) is 4.27. The van der Waals surface area contributed by atoms with Crippen LogP contribution in [0, 0.1) is 17.7 Å². The van der Waals surface area contributed by atoms with Gasteiger partial charge in [-0.25, -0.2) is 9.18 Å². The minimum absolute atomic E-state index is 0.217. The Morgan fingerprint density at radius 1 is 1.03 bits per heavy atom. The first-order valence-corrected chi connectivity index (χ1v) is 8.72. The van der Waals surface area contributed by atoms with Crippen LogP contribution in [-0.4, -0.2) is 27.7 Å². The van der Waals surface area contributed by atoms with Crippen LogP contribution in [0.3, 0.4) is 0 Å². The van der Waals surface area contributed by atoms with Crippen molar-refractivity contribution in [1.82, 2.24) is 4.57 Å². The number of carbonyl (C=O) groups is 3. The van der Waals surface area contributed by atoms with E-state index in [4.69, 9.17) is 5.11 Å². The fourth-order valence-corrected chi connectivity index (χ4v) is 2.85. The second kappa shape index (κ2) is 8.81. The molecule has 0 aliphatic heterocycles. The zero-order valence-electron chi connectivity index (χ0n) is 15.2. The van der Waals surface area contributed by atoms with Crippen LogP contribution >= 0.6 is 0 Å². The molecule has 0 bridgehead atoms. The van der Waals surface area contributed by atoms with Crippen molar-refractivity contribution in [3.8, 4) is 11.8 Å². The summed E-state index contributed by atoms with van der Waals surface area (Å²) in [4.78, 5) is 34.6. The van der Waals surface area contributed by atoms with Gasteiger partial charge in [-0.05, 0) is 35.9 Å². The van der Waals surface area contributed by atoms with Crippen molar-refractivity contribution >= 4 is 18.0 Å². The average Bonchev–Trinajstić information content (AvgIpc) is 3.12. The lowest BCUT2D eigenvalue weighted by Crippen LogP contribution is -2.25. The summed E-state index contributed by atoms with van der Waals surface area (Å²) < 4.78 is 14.8. The number of hydrogen-bond acceptors (Lipinski definition) is 3. The minimum Gasteiger partial charge on any atom is -0.475 e. The minimum atomic E-state index is -1.69. The molecule has 0 aliphatic carbocycles. The molecule has 0 saturated heterocycles. The summed E-state index contributed by atoms with van der Waals surface area (Å²) in [5, 5.41) is 9.03. The topological polar surface area (TPSA) is 76.4 Å². The van der Waals surface area contributed by atoms with Gasteiger partial charge < -0.3 is 14.5 Å². The molecule has 0 saturated carbocycles. The van der Waals surface area contributed by atoms with Gasteiger partial charge in [-0.15, -0.1) is 0 Å². The molecule has 1 atom stereocenters. The van der Waals surface area contributed by atoms with E-state index in [0.29, 0.717) is 11.8 Å². The highest BCUT2D eigenvalue weighted by Crippen LogP contribution is 2.21. The van der Waals surface area contributed by atoms with E-state index in [9.17, 15) is 18.8 Å². The van der Waals surface area contributed by atoms with E-state index >= 15 is 0 Å². The summed E-state index contributed by atoms with van der Waals surface area (Å²) in [7, 11) is 0. The maximum atomic E-state index is 13.2. The van der Waals surface area contributed by atoms with Gasteiger partial charge in [0.2, 0.25) is 0 Å². The van der Waals surface area contributed by atoms with E-state index in [0.717, 1.165) is 11.1 Å². The van der Waals surface area contributed by atoms with Gasteiger partial charge in [-0.2, -0.15) is 0 Å². The number of aldehydes is 1. The van der Waals surface area contributed by atoms with Crippen molar-refractivity contribution in [1.29, 1.82) is 0 Å². The molecular formula is C23H16FNO4. The van der Waals surface area contributed by atoms with Crippen molar-refractivity contribution in [2.24, 2.45) is 0 Å². The molecule has 0 aliphatic rings. The molecule has 2 aromatic carbocycles. The first-order valence-electron chi connectivity index (χ1n) is 8.72. The van der Waals surface area contributed by atoms with Gasteiger partial charge in [0.25, 0.3) is 5.78 Å². The molecule has 144 valence electrons. The van der Waals surface area contributed by atoms with Gasteiger partial charge in [0.15, 0.2) is 0 Å². The molecule has 5 nitrogen and oxygen atoms in total. The van der Waals surface area contributed by atoms with Crippen molar-refractivity contribution in [3.63, 3.8) is 0 Å². The van der Waals surface area contributed by atoms with Crippen LogP contribution in [0.15, 0.2) is 66.9 Å². The molecule has 29 heavy (non-hydrogen) atoms. The predicted molar refractivity (Wildman–Crippen MR) is 104 cm³/mol. The molecule has 0 radical (unpaired) electrons. The number of ketones is 1. The van der Waals surface area contributed by atoms with E-state index in [-0.39, 0.29) is 18.1 Å². The lowest BCUT2D eigenvalue weighted by atomic mass is 10.0. The first-order chi connectivity index (χ1) is 14.0. The number of carboxylic acids is 1. The Labute approximate surface area is 166 Å². The van der Waals surface area contributed by atoms with Gasteiger partial charge in [-0.1, -0.05) is 42.2 Å². The summed E-state index contributed by atoms with van der Waals surface area (Å²) in [6.45, 7) is 0.222. The van der Waals surface area contributed by atoms with Gasteiger partial charge in [0, 0.05) is 29.6 Å². The second-order valence-corrected chi connectivity index (χ2v) is 6.31. The standard InChI is InChI=1S/C23H16FNO4/c24-19-10-8-17(9-11-19)13-25-14-18(7-6-16-4-2-1-3-5-16)12-21(25)20(15-26)22(27)23(28)29/h1-5,8-12,14-15,20H,13H2,(H,28,29). The molecule has 1 unspecified atom stereocenters. The second-order valence-electron chi connectivity index (χ2n) is 6.31. The van der Waals surface area contributed by atoms with Crippen LogP contribution in [0.1, 0.15) is 28.3 Å². The van der Waals surface area contributed by atoms with Gasteiger partial charge in [-0.3, -0.25) is 4.79 Å². The Bertz CT molecular complexity index is 1110. The third-order valence-corrected chi connectivity index (χ3v) is 4.27. The lowest BCUT2D eigenvalue weighted by molar-refractivity contribution is -0.150. The van der Waals surface area contributed by atoms with E-state index in [2.05, 4.69) is 11.8 Å². The Morgan fingerprint density at radius 3 is 2.31 bits per heavy atom. The smallest absolute Gasteiger partial charge is 0.373 e. The van der Waals surface area contributed by atoms with Crippen LogP contribution in [0.4, 0.5) is 4.39 Å². The van der Waals surface area contributed by atoms with Crippen molar-refractivity contribution in [2.75, 3.05) is 0 Å². The van der Waals surface area contributed by atoms with Crippen LogP contribution in [0.25, 0.3) is 0 Å². The molecule has 1 heterocycles. The number of aliphatic carboxylic acids is 1. The summed E-state index contributed by atoms with van der Waals surface area (Å²) in [6, 6.07) is 16.5. The normalized spacial score (nSPS) is 11.2. The van der Waals surface area contributed by atoms with Gasteiger partial charge >= 0.3 is 5.97 Å². The van der Waals surface area contributed by atoms with E-state index in [1.165, 1.54) is 18.2 Å². The van der Waals surface area contributed by atoms with Crippen LogP contribution in [0.2, 0.25) is 0 Å². The molecular weight excluding hydrogens is 373 g/mol. The Kier molecular flexibility index (Phi) is 6.00. The highest BCUT2D eigenvalue weighted by molar-refractivity contribution is 6.38. The highest BCUT2D eigenvalue weighted by Gasteiger charge is 2.29. The number of carboxylic acid groups (broad SMARTS) is 1. The Morgan fingerprint density at radius 2 is 1.69 bits per heavy atom. The molecule has 3 aromatic rings. The lowest BCUT2D eigenvalue weighted by Gasteiger charge is -2.12. The maximum absolute atomic E-state index is 13.2. The zero-order chi connectivity index (χ0) is 20.8. The van der Waals surface area contributed by atoms with Crippen molar-refractivity contribution in [2.45, 2.75) is 12.5 Å². The number of hydrogen-bond donors (Lipinski definition) is 1. The fraction of sp³-hybridized carbons (Fsp3) is 0.0870. The number of halogens is 1. The number of aromatic nitrogens is 1. The monoisotopic (exact) mass is 389 g/mol. The molecule has 0 amide bonds. The predicted octanol–water partition coefficient (Wildman–Crippen LogP) is 3.01. The third kappa shape index (κ3) is 4.85. The zero-order valence-corrected chi connectivity index (χ0v) is 15.2. The van der Waals surface area contributed by atoms with Crippen LogP contribution in [-0.2, 0) is 20.9 Å². The number of rotatable bonds is 6. The molecule has 3 rings (SSSR count). The quantitative estimate of drug-likeness (QED) is 0.304. The molecule has 6 heteroatoms. The van der Waals surface area contributed by atoms with Crippen molar-refractivity contribution < 1.29 is 23.9 Å². The summed E-state index contributed by atoms with van der Waals surface area (Å²) in [6.07, 6.45) is 1.95. The van der Waals surface area contributed by atoms with E-state index < -0.39 is 17.7 Å². The molecule has 1 aromatic heterocycles. The number of Topliss-reactive ketones (excluding diaryl/α,β-unsaturated/α-hetero) is 1. The SMILES string of the molecule is O=CC(C(=O)C(=O)O)c1cc(C#Cc2ccccc2)cn1Cc1ccc(F)cc1. The summed E-state index contributed by atoms with van der Waals surface area (Å²) >= 11 is 0. The molecule has 0 spiro atoms. The number of carbonyl (C=O) groups excluding carboxylic acids is 2. The first kappa shape index (κ1) is 19.8. The Balaban J connectivity index is 2.01. The Hall–Kier alpha value is -3.98. The highest BCUT2D eigenvalue weighted by atomic mass is 19.1. The van der Waals surface area contributed by atoms with E-state index in [1.807, 2.05) is 30.3 Å². The van der Waals surface area contributed by atoms with Crippen LogP contribution in [0.5, 0.6) is 0 Å². The average molecular weight is 389 g/mol. The number of nitrogens with zero attached hydrogens (tertiary/aromatic N) is 1. The van der Waals surface area contributed by atoms with Crippen molar-refractivity contribution in [3.05, 3.63) is 95.1 Å². The largest absolute Gasteiger partial charge is 0.475 e. The maximum Gasteiger partial charge on any atom is 0.373 e. The van der Waals surface area contributed by atoms with E-state index in [1.54, 1.807) is 22.9 Å².